The Bertz CT molecular complexity index is 324. The summed E-state index contributed by atoms with van der Waals surface area (Å²) >= 11 is 0. The molecule has 0 unspecified atom stereocenters. The number of hydrogen-bond acceptors (Lipinski definition) is 5. The molecule has 8 nitrogen and oxygen atoms in total. The number of hydrogen-bond donors (Lipinski definition) is 3. The van der Waals surface area contributed by atoms with Crippen molar-refractivity contribution in [2.24, 2.45) is 0 Å². The fourth-order valence-electron chi connectivity index (χ4n) is 0.807. The van der Waals surface area contributed by atoms with E-state index in [0.717, 1.165) is 0 Å². The van der Waals surface area contributed by atoms with E-state index in [-0.39, 0.29) is 0 Å². The van der Waals surface area contributed by atoms with Gasteiger partial charge in [0.25, 0.3) is 0 Å². The average molecular weight is 214 g/mol. The van der Waals surface area contributed by atoms with Gasteiger partial charge in [0.05, 0.1) is 0 Å². The zero-order valence-corrected chi connectivity index (χ0v) is 7.77. The smallest absolute Gasteiger partial charge is 0.323 e. The molecule has 2 amide bonds. The van der Waals surface area contributed by atoms with Crippen LogP contribution in [0.5, 0.6) is 0 Å². The highest BCUT2D eigenvalue weighted by molar-refractivity contribution is 5.79. The van der Waals surface area contributed by atoms with Gasteiger partial charge in [-0.05, 0) is 0 Å². The van der Waals surface area contributed by atoms with E-state index in [0.29, 0.717) is 18.9 Å². The summed E-state index contributed by atoms with van der Waals surface area (Å²) in [5.74, 6) is -0.685. The number of carboxylic acid groups (broad SMARTS) is 1. The maximum atomic E-state index is 10.9. The molecule has 0 aromatic carbocycles. The lowest BCUT2D eigenvalue weighted by atomic mass is 10.4. The summed E-state index contributed by atoms with van der Waals surface area (Å²) in [6.45, 7) is -0.111. The molecule has 0 radical (unpaired) electrons. The van der Waals surface area contributed by atoms with Crippen molar-refractivity contribution in [3.8, 4) is 0 Å². The Kier molecular flexibility index (Phi) is 4.07. The van der Waals surface area contributed by atoms with Gasteiger partial charge in [-0.3, -0.25) is 4.79 Å². The van der Waals surface area contributed by atoms with Crippen LogP contribution in [0, 0.1) is 0 Å². The molecule has 0 atom stereocenters. The highest BCUT2D eigenvalue weighted by Crippen LogP contribution is 1.89. The second kappa shape index (κ2) is 5.58. The van der Waals surface area contributed by atoms with Gasteiger partial charge in [-0.2, -0.15) is 4.98 Å². The molecule has 82 valence electrons. The van der Waals surface area contributed by atoms with E-state index < -0.39 is 18.5 Å². The van der Waals surface area contributed by atoms with Crippen molar-refractivity contribution in [2.45, 2.75) is 6.42 Å². The molecule has 0 saturated carbocycles. The molecule has 0 aliphatic heterocycles. The third kappa shape index (κ3) is 4.60. The van der Waals surface area contributed by atoms with E-state index in [1.807, 2.05) is 0 Å². The van der Waals surface area contributed by atoms with Crippen LogP contribution >= 0.6 is 0 Å². The Labute approximate surface area is 84.7 Å². The Morgan fingerprint density at radius 1 is 1.47 bits per heavy atom. The van der Waals surface area contributed by atoms with E-state index in [1.165, 1.54) is 6.33 Å². The summed E-state index contributed by atoms with van der Waals surface area (Å²) in [6.07, 6.45) is 1.67. The molecule has 0 spiro atoms. The largest absolute Gasteiger partial charge is 0.480 e. The minimum absolute atomic E-state index is 0.299. The van der Waals surface area contributed by atoms with Crippen LogP contribution in [0.1, 0.15) is 5.89 Å². The van der Waals surface area contributed by atoms with Crippen LogP contribution in [-0.2, 0) is 11.2 Å². The van der Waals surface area contributed by atoms with Crippen LogP contribution in [-0.4, -0.2) is 40.3 Å². The number of carbonyl (C=O) groups excluding carboxylic acids is 1. The van der Waals surface area contributed by atoms with Crippen LogP contribution in [0.25, 0.3) is 0 Å². The van der Waals surface area contributed by atoms with E-state index >= 15 is 0 Å². The van der Waals surface area contributed by atoms with Gasteiger partial charge >= 0.3 is 12.0 Å². The molecule has 0 bridgehead atoms. The summed E-state index contributed by atoms with van der Waals surface area (Å²) < 4.78 is 4.69. The fraction of sp³-hybridized carbons (Fsp3) is 0.429. The Balaban J connectivity index is 2.09. The van der Waals surface area contributed by atoms with Gasteiger partial charge in [0, 0.05) is 13.0 Å². The molecule has 0 fully saturated rings. The maximum Gasteiger partial charge on any atom is 0.323 e. The quantitative estimate of drug-likeness (QED) is 0.578. The molecule has 1 rings (SSSR count). The SMILES string of the molecule is O=C(O)CNC(=O)NCCc1ncno1. The lowest BCUT2D eigenvalue weighted by Crippen LogP contribution is -2.39. The Morgan fingerprint density at radius 3 is 2.87 bits per heavy atom. The predicted octanol–water partition coefficient (Wildman–Crippen LogP) is -1.00. The van der Waals surface area contributed by atoms with Crippen molar-refractivity contribution >= 4 is 12.0 Å². The van der Waals surface area contributed by atoms with Gasteiger partial charge < -0.3 is 20.3 Å². The van der Waals surface area contributed by atoms with Crippen LogP contribution < -0.4 is 10.6 Å². The van der Waals surface area contributed by atoms with Gasteiger partial charge in [-0.15, -0.1) is 0 Å². The topological polar surface area (TPSA) is 117 Å². The van der Waals surface area contributed by atoms with E-state index in [4.69, 9.17) is 5.11 Å². The first kappa shape index (κ1) is 11.0. The lowest BCUT2D eigenvalue weighted by molar-refractivity contribution is -0.135. The maximum absolute atomic E-state index is 10.9. The molecule has 1 aromatic heterocycles. The number of amides is 2. The molecule has 15 heavy (non-hydrogen) atoms. The zero-order valence-electron chi connectivity index (χ0n) is 7.77. The second-order valence-electron chi connectivity index (χ2n) is 2.59. The van der Waals surface area contributed by atoms with Crippen molar-refractivity contribution in [3.63, 3.8) is 0 Å². The minimum Gasteiger partial charge on any atom is -0.480 e. The Morgan fingerprint density at radius 2 is 2.27 bits per heavy atom. The van der Waals surface area contributed by atoms with Crippen molar-refractivity contribution in [1.29, 1.82) is 0 Å². The third-order valence-corrected chi connectivity index (χ3v) is 1.43. The minimum atomic E-state index is -1.10. The third-order valence-electron chi connectivity index (χ3n) is 1.43. The highest BCUT2D eigenvalue weighted by atomic mass is 16.5. The second-order valence-corrected chi connectivity index (χ2v) is 2.59. The molecule has 8 heteroatoms. The molecule has 1 heterocycles. The molecule has 0 saturated heterocycles. The molecule has 0 aliphatic carbocycles. The monoisotopic (exact) mass is 214 g/mol. The number of rotatable bonds is 5. The zero-order chi connectivity index (χ0) is 11.1. The lowest BCUT2D eigenvalue weighted by Gasteiger charge is -2.03. The first-order valence-electron chi connectivity index (χ1n) is 4.17. The molecular weight excluding hydrogens is 204 g/mol. The molecule has 0 aliphatic rings. The summed E-state index contributed by atoms with van der Waals surface area (Å²) in [7, 11) is 0. The van der Waals surface area contributed by atoms with E-state index in [1.54, 1.807) is 0 Å². The van der Waals surface area contributed by atoms with E-state index in [2.05, 4.69) is 25.3 Å². The first-order chi connectivity index (χ1) is 7.18. The fourth-order valence-corrected chi connectivity index (χ4v) is 0.807. The van der Waals surface area contributed by atoms with Crippen molar-refractivity contribution in [1.82, 2.24) is 20.8 Å². The van der Waals surface area contributed by atoms with Crippen LogP contribution in [0.3, 0.4) is 0 Å². The van der Waals surface area contributed by atoms with Gasteiger partial charge in [-0.25, -0.2) is 4.79 Å². The van der Waals surface area contributed by atoms with Crippen LogP contribution in [0.2, 0.25) is 0 Å². The van der Waals surface area contributed by atoms with Gasteiger partial charge in [0.2, 0.25) is 5.89 Å². The number of nitrogens with zero attached hydrogens (tertiary/aromatic N) is 2. The number of nitrogens with one attached hydrogen (secondary N) is 2. The standard InChI is InChI=1S/C7H10N4O4/c12-6(13)3-9-7(14)8-2-1-5-10-4-11-15-5/h4H,1-3H2,(H,12,13)(H2,8,9,14). The van der Waals surface area contributed by atoms with Gasteiger partial charge in [0.15, 0.2) is 6.33 Å². The molecule has 1 aromatic rings. The first-order valence-corrected chi connectivity index (χ1v) is 4.17. The number of aliphatic carboxylic acids is 1. The summed E-state index contributed by atoms with van der Waals surface area (Å²) in [5, 5.41) is 16.2. The molecule has 3 N–H and O–H groups in total. The van der Waals surface area contributed by atoms with Crippen molar-refractivity contribution in [3.05, 3.63) is 12.2 Å². The number of carbonyl (C=O) groups is 2. The summed E-state index contributed by atoms with van der Waals surface area (Å²) in [6, 6.07) is -0.545. The highest BCUT2D eigenvalue weighted by Gasteiger charge is 2.03. The number of urea groups is 1. The van der Waals surface area contributed by atoms with Crippen molar-refractivity contribution < 1.29 is 19.2 Å². The number of aromatic nitrogens is 2. The van der Waals surface area contributed by atoms with Gasteiger partial charge in [0.1, 0.15) is 6.54 Å². The average Bonchev–Trinajstić information content (AvgIpc) is 2.67. The van der Waals surface area contributed by atoms with Crippen LogP contribution in [0.15, 0.2) is 10.9 Å². The number of carboxylic acids is 1. The normalized spacial score (nSPS) is 9.60. The van der Waals surface area contributed by atoms with E-state index in [9.17, 15) is 9.59 Å². The molecular formula is C7H10N4O4. The van der Waals surface area contributed by atoms with Crippen molar-refractivity contribution in [2.75, 3.05) is 13.1 Å². The van der Waals surface area contributed by atoms with Crippen LogP contribution in [0.4, 0.5) is 4.79 Å². The predicted molar refractivity (Wildman–Crippen MR) is 47.0 cm³/mol. The summed E-state index contributed by atoms with van der Waals surface area (Å²) in [4.78, 5) is 24.8. The van der Waals surface area contributed by atoms with Gasteiger partial charge in [-0.1, -0.05) is 5.16 Å². The summed E-state index contributed by atoms with van der Waals surface area (Å²) in [5.41, 5.74) is 0. The Hall–Kier alpha value is -2.12.